The average Bonchev–Trinajstić information content (AvgIpc) is 3.85. The molecule has 22 nitrogen and oxygen atoms in total. The second-order valence-electron chi connectivity index (χ2n) is 17.5. The molecule has 0 fully saturated rings. The van der Waals surface area contributed by atoms with Crippen LogP contribution in [0.4, 0.5) is 0 Å². The van der Waals surface area contributed by atoms with E-state index in [9.17, 15) is 58.2 Å². The Bertz CT molecular complexity index is 2820. The average molecular weight is 1010 g/mol. The third-order valence-corrected chi connectivity index (χ3v) is 11.9. The Balaban J connectivity index is 1.10. The number of ketones is 3. The van der Waals surface area contributed by atoms with Crippen LogP contribution in [-0.2, 0) is 49.5 Å². The van der Waals surface area contributed by atoms with Gasteiger partial charge in [0.1, 0.15) is 29.4 Å². The number of hydrogen-bond donors (Lipinski definition) is 8. The van der Waals surface area contributed by atoms with Crippen LogP contribution in [0.2, 0.25) is 0 Å². The van der Waals surface area contributed by atoms with Crippen molar-refractivity contribution in [2.24, 2.45) is 17.6 Å². The number of primary amides is 1. The fourth-order valence-corrected chi connectivity index (χ4v) is 8.17. The van der Waals surface area contributed by atoms with Crippen molar-refractivity contribution in [2.45, 2.75) is 96.2 Å². The fourth-order valence-electron chi connectivity index (χ4n) is 8.17. The van der Waals surface area contributed by atoms with Crippen LogP contribution in [0.25, 0.3) is 33.4 Å². The Labute approximate surface area is 417 Å². The molecule has 0 saturated carbocycles. The number of amides is 4. The number of nitrogens with zero attached hydrogens (tertiary/aromatic N) is 1. The lowest BCUT2D eigenvalue weighted by Crippen LogP contribution is -2.48. The first kappa shape index (κ1) is 55.8. The topological polar surface area (TPSA) is 354 Å². The number of carbonyl (C=O) groups excluding carboxylic acids is 8. The predicted molar refractivity (Wildman–Crippen MR) is 260 cm³/mol. The van der Waals surface area contributed by atoms with Gasteiger partial charge in [-0.2, -0.15) is 0 Å². The zero-order valence-electron chi connectivity index (χ0n) is 40.2. The van der Waals surface area contributed by atoms with Crippen LogP contribution in [0.3, 0.4) is 0 Å². The van der Waals surface area contributed by atoms with Gasteiger partial charge in [-0.15, -0.1) is 0 Å². The van der Waals surface area contributed by atoms with Crippen molar-refractivity contribution in [3.63, 3.8) is 0 Å². The molecular formula is C51H58N6O16. The van der Waals surface area contributed by atoms with E-state index < -0.39 is 97.1 Å². The number of nitrogens with two attached hydrogens (primary N) is 1. The number of carboxylic acid groups (broad SMARTS) is 1. The van der Waals surface area contributed by atoms with Gasteiger partial charge in [0, 0.05) is 110 Å². The minimum Gasteiger partial charge on any atom is -0.508 e. The van der Waals surface area contributed by atoms with Crippen LogP contribution in [0, 0.1) is 11.8 Å². The molecule has 0 radical (unpaired) electrons. The van der Waals surface area contributed by atoms with E-state index in [4.69, 9.17) is 24.7 Å². The maximum absolute atomic E-state index is 13.5. The van der Waals surface area contributed by atoms with Gasteiger partial charge in [-0.3, -0.25) is 47.9 Å². The molecule has 0 spiro atoms. The Kier molecular flexibility index (Phi) is 20.6. The summed E-state index contributed by atoms with van der Waals surface area (Å²) in [5, 5.41) is 38.2. The van der Waals surface area contributed by atoms with E-state index in [0.29, 0.717) is 40.6 Å². The standard InChI is InChI=1S/C51H58N6O16/c1-28(59)38(51(70)57-41(20-32-24-53-26-55-32)43(65)19-30(49(52)68)9-15-47(66)67)21-35(63)25-71-17-5-7-42(64)40(56-29(2)60)6-3-4-16-54-50(69)31-8-14-44(72-27-58)39(18-31)48-36-12-10-33(61)22-45(36)73-46-23-34(62)11-13-37(46)48/h8,10-14,18,22-24,26-28,30,38,40-41,59,61H,3-7,9,15-17,19-21,25H2,1-2H3,(H2,52,68)(H,53,55)(H,54,69)(H,56,60)(H,57,70)(H,66,67)/t28-,30-,38+,40+,41+/m0/s1. The number of rotatable bonds is 31. The smallest absolute Gasteiger partial charge is 0.303 e. The van der Waals surface area contributed by atoms with E-state index in [1.54, 1.807) is 12.1 Å². The number of carboxylic acids is 1. The Morgan fingerprint density at radius 1 is 0.890 bits per heavy atom. The van der Waals surface area contributed by atoms with Crippen LogP contribution in [0.5, 0.6) is 11.5 Å². The van der Waals surface area contributed by atoms with E-state index in [1.165, 1.54) is 68.8 Å². The van der Waals surface area contributed by atoms with E-state index in [0.717, 1.165) is 0 Å². The van der Waals surface area contributed by atoms with Crippen LogP contribution in [0.1, 0.15) is 87.7 Å². The van der Waals surface area contributed by atoms with Crippen molar-refractivity contribution < 1.29 is 72.4 Å². The number of Topliss-reactive ketones (excluding diaryl/α,β-unsaturated/α-hetero) is 3. The molecule has 2 aliphatic rings. The maximum atomic E-state index is 13.5. The van der Waals surface area contributed by atoms with Crippen molar-refractivity contribution in [2.75, 3.05) is 19.8 Å². The lowest BCUT2D eigenvalue weighted by Gasteiger charge is -2.24. The van der Waals surface area contributed by atoms with Gasteiger partial charge in [-0.1, -0.05) is 0 Å². The summed E-state index contributed by atoms with van der Waals surface area (Å²) in [6, 6.07) is 11.0. The first-order chi connectivity index (χ1) is 34.8. The van der Waals surface area contributed by atoms with Crippen LogP contribution >= 0.6 is 0 Å². The number of aromatic hydroxyl groups is 1. The third kappa shape index (κ3) is 16.5. The monoisotopic (exact) mass is 1010 g/mol. The van der Waals surface area contributed by atoms with Crippen molar-refractivity contribution in [3.8, 4) is 33.9 Å². The maximum Gasteiger partial charge on any atom is 0.303 e. The second-order valence-corrected chi connectivity index (χ2v) is 17.5. The number of nitrogens with one attached hydrogen (secondary N) is 4. The van der Waals surface area contributed by atoms with Crippen molar-refractivity contribution in [1.82, 2.24) is 25.9 Å². The van der Waals surface area contributed by atoms with Gasteiger partial charge in [0.05, 0.1) is 30.4 Å². The number of carbonyl (C=O) groups is 9. The number of imidazole rings is 1. The zero-order chi connectivity index (χ0) is 53.2. The van der Waals surface area contributed by atoms with Crippen molar-refractivity contribution in [1.29, 1.82) is 0 Å². The van der Waals surface area contributed by atoms with E-state index in [1.807, 2.05) is 0 Å². The van der Waals surface area contributed by atoms with Crippen molar-refractivity contribution in [3.05, 3.63) is 88.6 Å². The highest BCUT2D eigenvalue weighted by Crippen LogP contribution is 2.44. The zero-order valence-corrected chi connectivity index (χ0v) is 40.2. The quantitative estimate of drug-likeness (QED) is 0.0180. The summed E-state index contributed by atoms with van der Waals surface area (Å²) < 4.78 is 16.7. The summed E-state index contributed by atoms with van der Waals surface area (Å²) in [7, 11) is 0. The molecule has 2 aromatic carbocycles. The van der Waals surface area contributed by atoms with Gasteiger partial charge in [-0.25, -0.2) is 4.98 Å². The molecule has 1 aliphatic heterocycles. The SMILES string of the molecule is CC(=O)N[C@H](CCCCNC(=O)c1ccc(OC=O)c(-c2c3ccc(=O)cc-3oc3cc(O)ccc23)c1)C(=O)CCCOCC(=O)C[C@@H](C(=O)N[C@H](Cc1cnc[nH]1)C(=O)C[C@H](CCC(=O)O)C(N)=O)[C@H](C)O. The number of aliphatic carboxylic acids is 1. The first-order valence-corrected chi connectivity index (χ1v) is 23.5. The number of fused-ring (bicyclic) bond motifs is 2. The minimum atomic E-state index is -1.34. The predicted octanol–water partition coefficient (Wildman–Crippen LogP) is 2.91. The lowest BCUT2D eigenvalue weighted by molar-refractivity contribution is -0.138. The van der Waals surface area contributed by atoms with Gasteiger partial charge >= 0.3 is 5.97 Å². The van der Waals surface area contributed by atoms with E-state index in [-0.39, 0.29) is 91.3 Å². The first-order valence-electron chi connectivity index (χ1n) is 23.5. The number of hydrogen-bond acceptors (Lipinski definition) is 16. The Hall–Kier alpha value is -8.11. The van der Waals surface area contributed by atoms with Gasteiger partial charge in [-0.05, 0) is 81.5 Å². The second kappa shape index (κ2) is 26.9. The number of unbranched alkanes of at least 4 members (excludes halogenated alkanes) is 1. The number of phenols is 1. The number of H-pyrrole nitrogens is 1. The molecular weight excluding hydrogens is 953 g/mol. The number of aromatic amines is 1. The number of phenolic OH excluding ortho intramolecular Hbond substituents is 1. The summed E-state index contributed by atoms with van der Waals surface area (Å²) in [6.07, 6.45) is 1.06. The molecule has 0 saturated heterocycles. The molecule has 5 atom stereocenters. The number of aliphatic hydroxyl groups excluding tert-OH is 1. The van der Waals surface area contributed by atoms with Crippen LogP contribution in [0.15, 0.2) is 76.3 Å². The van der Waals surface area contributed by atoms with Crippen LogP contribution < -0.4 is 31.8 Å². The summed E-state index contributed by atoms with van der Waals surface area (Å²) in [5.74, 6) is -7.46. The number of aromatic nitrogens is 2. The minimum absolute atomic E-state index is 0.0152. The molecule has 1 aromatic heterocycles. The number of benzene rings is 3. The summed E-state index contributed by atoms with van der Waals surface area (Å²) >= 11 is 0. The highest BCUT2D eigenvalue weighted by molar-refractivity contribution is 6.05. The molecule has 4 amide bonds. The molecule has 9 N–H and O–H groups in total. The van der Waals surface area contributed by atoms with Gasteiger partial charge in [0.2, 0.25) is 17.7 Å². The fraction of sp³-hybridized carbons (Fsp3) is 0.392. The molecule has 5 rings (SSSR count). The van der Waals surface area contributed by atoms with Gasteiger partial charge < -0.3 is 55.9 Å². The molecule has 388 valence electrons. The summed E-state index contributed by atoms with van der Waals surface area (Å²) in [4.78, 5) is 132. The van der Waals surface area contributed by atoms with Crippen molar-refractivity contribution >= 4 is 64.4 Å². The Morgan fingerprint density at radius 3 is 2.36 bits per heavy atom. The van der Waals surface area contributed by atoms with Gasteiger partial charge in [0.25, 0.3) is 12.4 Å². The molecule has 2 heterocycles. The molecule has 22 heteroatoms. The van der Waals surface area contributed by atoms with E-state index >= 15 is 0 Å². The molecule has 0 unspecified atom stereocenters. The Morgan fingerprint density at radius 2 is 1.67 bits per heavy atom. The highest BCUT2D eigenvalue weighted by Gasteiger charge is 2.33. The van der Waals surface area contributed by atoms with E-state index in [2.05, 4.69) is 25.9 Å². The normalized spacial score (nSPS) is 13.2. The molecule has 73 heavy (non-hydrogen) atoms. The van der Waals surface area contributed by atoms with Crippen LogP contribution in [-0.4, -0.2) is 117 Å². The van der Waals surface area contributed by atoms with Gasteiger partial charge in [0.15, 0.2) is 22.8 Å². The molecule has 3 aromatic rings. The highest BCUT2D eigenvalue weighted by atomic mass is 16.5. The molecule has 1 aliphatic carbocycles. The summed E-state index contributed by atoms with van der Waals surface area (Å²) in [6.45, 7) is 2.51. The molecule has 0 bridgehead atoms. The third-order valence-electron chi connectivity index (χ3n) is 11.9. The number of ether oxygens (including phenoxy) is 2. The number of aliphatic hydroxyl groups is 1. The summed E-state index contributed by atoms with van der Waals surface area (Å²) in [5.41, 5.74) is 7.30. The lowest BCUT2D eigenvalue weighted by atomic mass is 9.91. The largest absolute Gasteiger partial charge is 0.508 e.